The molecule has 1 saturated heterocycles. The molecule has 10 nitrogen and oxygen atoms in total. The molecule has 44 heavy (non-hydrogen) atoms. The highest BCUT2D eigenvalue weighted by atomic mass is 32.2. The van der Waals surface area contributed by atoms with Crippen molar-refractivity contribution in [3.63, 3.8) is 0 Å². The Bertz CT molecular complexity index is 1470. The molecular formula is C33H44N4O6S. The number of anilines is 1. The minimum absolute atomic E-state index is 0.0623. The van der Waals surface area contributed by atoms with Crippen molar-refractivity contribution in [3.8, 4) is 23.0 Å². The molecule has 1 aromatic heterocycles. The van der Waals surface area contributed by atoms with Gasteiger partial charge in [-0.3, -0.25) is 4.90 Å². The van der Waals surface area contributed by atoms with Gasteiger partial charge >= 0.3 is 0 Å². The number of rotatable bonds is 12. The van der Waals surface area contributed by atoms with Crippen LogP contribution in [-0.2, 0) is 23.1 Å². The second-order valence-corrected chi connectivity index (χ2v) is 13.4. The Labute approximate surface area is 261 Å². The molecule has 0 spiro atoms. The highest BCUT2D eigenvalue weighted by Gasteiger charge is 2.27. The predicted octanol–water partition coefficient (Wildman–Crippen LogP) is 5.04. The zero-order valence-electron chi connectivity index (χ0n) is 26.7. The quantitative estimate of drug-likeness (QED) is 0.275. The molecule has 0 bridgehead atoms. The van der Waals surface area contributed by atoms with Crippen molar-refractivity contribution in [2.24, 2.45) is 0 Å². The molecule has 2 heterocycles. The molecule has 1 aliphatic heterocycles. The van der Waals surface area contributed by atoms with Crippen LogP contribution in [-0.4, -0.2) is 82.8 Å². The van der Waals surface area contributed by atoms with Crippen LogP contribution in [0.2, 0.25) is 0 Å². The number of methoxy groups -OCH3 is 4. The minimum Gasteiger partial charge on any atom is -0.497 e. The Hall–Kier alpha value is -3.80. The lowest BCUT2D eigenvalue weighted by atomic mass is 10.1. The average molecular weight is 625 g/mol. The van der Waals surface area contributed by atoms with Gasteiger partial charge in [-0.2, -0.15) is 4.31 Å². The molecule has 0 radical (unpaired) electrons. The fourth-order valence-electron chi connectivity index (χ4n) is 5.12. The molecule has 0 unspecified atom stereocenters. The lowest BCUT2D eigenvalue weighted by molar-refractivity contribution is 0.128. The second-order valence-electron chi connectivity index (χ2n) is 11.6. The van der Waals surface area contributed by atoms with E-state index in [9.17, 15) is 8.42 Å². The van der Waals surface area contributed by atoms with Crippen molar-refractivity contribution >= 4 is 21.9 Å². The molecule has 0 N–H and O–H groups in total. The molecule has 4 rings (SSSR count). The van der Waals surface area contributed by atoms with E-state index in [4.69, 9.17) is 18.9 Å². The standard InChI is InChI=1S/C33H44N4O6S/c1-33(2,3)36-17-15-35(16-18-36)32-13-8-25(22-34-32)14-19-44(38,39)37(23-26-9-11-28(40-4)20-30(26)42-6)24-27-10-12-29(41-5)21-31(27)43-7/h8-14,19-22H,15-18,23-24H2,1-7H3/b19-14+. The van der Waals surface area contributed by atoms with Gasteiger partial charge in [0, 0.05) is 79.7 Å². The molecule has 0 aliphatic carbocycles. The van der Waals surface area contributed by atoms with E-state index in [-0.39, 0.29) is 18.6 Å². The first kappa shape index (κ1) is 33.1. The second kappa shape index (κ2) is 14.3. The SMILES string of the molecule is COc1ccc(CN(Cc2ccc(OC)cc2OC)S(=O)(=O)/C=C/c2ccc(N3CCN(C(C)(C)C)CC3)nc2)c(OC)c1. The summed E-state index contributed by atoms with van der Waals surface area (Å²) in [7, 11) is 2.32. The summed E-state index contributed by atoms with van der Waals surface area (Å²) in [5, 5.41) is 1.22. The van der Waals surface area contributed by atoms with Gasteiger partial charge in [-0.15, -0.1) is 0 Å². The average Bonchev–Trinajstić information content (AvgIpc) is 3.03. The first-order valence-electron chi connectivity index (χ1n) is 14.5. The summed E-state index contributed by atoms with van der Waals surface area (Å²) in [6.45, 7) is 10.6. The third kappa shape index (κ3) is 8.22. The Balaban J connectivity index is 1.57. The van der Waals surface area contributed by atoms with Crippen LogP contribution in [0.25, 0.3) is 6.08 Å². The van der Waals surface area contributed by atoms with Crippen LogP contribution in [0, 0.1) is 0 Å². The number of hydrogen-bond acceptors (Lipinski definition) is 9. The summed E-state index contributed by atoms with van der Waals surface area (Å²) in [4.78, 5) is 9.37. The first-order valence-corrected chi connectivity index (χ1v) is 16.0. The Morgan fingerprint density at radius 3 is 1.77 bits per heavy atom. The number of ether oxygens (including phenoxy) is 4. The van der Waals surface area contributed by atoms with Crippen molar-refractivity contribution in [2.45, 2.75) is 39.4 Å². The summed E-state index contributed by atoms with van der Waals surface area (Å²) < 4.78 is 50.9. The molecular weight excluding hydrogens is 580 g/mol. The van der Waals surface area contributed by atoms with E-state index >= 15 is 0 Å². The van der Waals surface area contributed by atoms with Crippen LogP contribution in [0.15, 0.2) is 60.1 Å². The highest BCUT2D eigenvalue weighted by molar-refractivity contribution is 7.92. The Morgan fingerprint density at radius 1 is 0.795 bits per heavy atom. The maximum Gasteiger partial charge on any atom is 0.236 e. The number of nitrogens with zero attached hydrogens (tertiary/aromatic N) is 4. The van der Waals surface area contributed by atoms with Gasteiger partial charge in [0.15, 0.2) is 0 Å². The summed E-state index contributed by atoms with van der Waals surface area (Å²) in [6.07, 6.45) is 3.29. The fraction of sp³-hybridized carbons (Fsp3) is 0.424. The molecule has 0 saturated carbocycles. The van der Waals surface area contributed by atoms with E-state index in [0.29, 0.717) is 39.7 Å². The van der Waals surface area contributed by atoms with Crippen LogP contribution in [0.1, 0.15) is 37.5 Å². The predicted molar refractivity (Wildman–Crippen MR) is 174 cm³/mol. The van der Waals surface area contributed by atoms with Gasteiger partial charge in [-0.1, -0.05) is 12.1 Å². The molecule has 1 aliphatic rings. The van der Waals surface area contributed by atoms with E-state index in [0.717, 1.165) is 32.0 Å². The van der Waals surface area contributed by atoms with Gasteiger partial charge in [0.2, 0.25) is 10.0 Å². The van der Waals surface area contributed by atoms with E-state index in [1.165, 1.54) is 9.71 Å². The van der Waals surface area contributed by atoms with E-state index < -0.39 is 10.0 Å². The van der Waals surface area contributed by atoms with Gasteiger partial charge in [-0.05, 0) is 56.7 Å². The third-order valence-corrected chi connectivity index (χ3v) is 9.26. The minimum atomic E-state index is -3.91. The Kier molecular flexibility index (Phi) is 10.8. The summed E-state index contributed by atoms with van der Waals surface area (Å²) in [6, 6.07) is 14.5. The van der Waals surface area contributed by atoms with Crippen LogP contribution < -0.4 is 23.8 Å². The summed E-state index contributed by atoms with van der Waals surface area (Å²) >= 11 is 0. The molecule has 238 valence electrons. The maximum atomic E-state index is 13.9. The first-order chi connectivity index (χ1) is 21.0. The molecule has 0 atom stereocenters. The van der Waals surface area contributed by atoms with Gasteiger partial charge < -0.3 is 23.8 Å². The number of sulfonamides is 1. The van der Waals surface area contributed by atoms with Crippen molar-refractivity contribution in [3.05, 3.63) is 76.8 Å². The Morgan fingerprint density at radius 2 is 1.34 bits per heavy atom. The van der Waals surface area contributed by atoms with Gasteiger partial charge in [0.05, 0.1) is 28.4 Å². The van der Waals surface area contributed by atoms with Crippen LogP contribution in [0.4, 0.5) is 5.82 Å². The lowest BCUT2D eigenvalue weighted by Crippen LogP contribution is -2.53. The smallest absolute Gasteiger partial charge is 0.236 e. The van der Waals surface area contributed by atoms with Crippen molar-refractivity contribution in [1.29, 1.82) is 0 Å². The zero-order valence-corrected chi connectivity index (χ0v) is 27.6. The van der Waals surface area contributed by atoms with E-state index in [1.54, 1.807) is 77.1 Å². The molecule has 0 amide bonds. The number of benzene rings is 2. The van der Waals surface area contributed by atoms with E-state index in [1.807, 2.05) is 12.1 Å². The summed E-state index contributed by atoms with van der Waals surface area (Å²) in [5.41, 5.74) is 2.21. The van der Waals surface area contributed by atoms with E-state index in [2.05, 4.69) is 35.6 Å². The van der Waals surface area contributed by atoms with Crippen LogP contribution in [0.3, 0.4) is 0 Å². The molecule has 1 fully saturated rings. The van der Waals surface area contributed by atoms with Crippen molar-refractivity contribution in [2.75, 3.05) is 59.5 Å². The number of piperazine rings is 1. The van der Waals surface area contributed by atoms with Gasteiger partial charge in [-0.25, -0.2) is 13.4 Å². The molecule has 3 aromatic rings. The van der Waals surface area contributed by atoms with Gasteiger partial charge in [0.25, 0.3) is 0 Å². The van der Waals surface area contributed by atoms with Crippen LogP contribution >= 0.6 is 0 Å². The normalized spacial score (nSPS) is 14.7. The topological polar surface area (TPSA) is 93.7 Å². The third-order valence-electron chi connectivity index (χ3n) is 7.80. The number of aromatic nitrogens is 1. The highest BCUT2D eigenvalue weighted by Crippen LogP contribution is 2.31. The maximum absolute atomic E-state index is 13.9. The number of pyridine rings is 1. The number of hydrogen-bond donors (Lipinski definition) is 0. The fourth-order valence-corrected chi connectivity index (χ4v) is 6.26. The molecule has 2 aromatic carbocycles. The monoisotopic (exact) mass is 624 g/mol. The van der Waals surface area contributed by atoms with Crippen molar-refractivity contribution < 1.29 is 27.4 Å². The van der Waals surface area contributed by atoms with Crippen LogP contribution in [0.5, 0.6) is 23.0 Å². The molecule has 11 heteroatoms. The lowest BCUT2D eigenvalue weighted by Gasteiger charge is -2.42. The summed E-state index contributed by atoms with van der Waals surface area (Å²) in [5.74, 6) is 3.17. The van der Waals surface area contributed by atoms with Crippen molar-refractivity contribution in [1.82, 2.24) is 14.2 Å². The van der Waals surface area contributed by atoms with Gasteiger partial charge in [0.1, 0.15) is 28.8 Å². The zero-order chi connectivity index (χ0) is 31.9. The largest absolute Gasteiger partial charge is 0.497 e.